The number of benzene rings is 2. The third kappa shape index (κ3) is 5.01. The van der Waals surface area contributed by atoms with E-state index in [-0.39, 0.29) is 17.7 Å². The minimum Gasteiger partial charge on any atom is -0.461 e. The largest absolute Gasteiger partial charge is 0.461 e. The Bertz CT molecular complexity index is 1670. The third-order valence-electron chi connectivity index (χ3n) is 9.65. The molecule has 0 amide bonds. The maximum Gasteiger partial charge on any atom is 0.318 e. The Morgan fingerprint density at radius 3 is 2.91 bits per heavy atom. The zero-order chi connectivity index (χ0) is 29.9. The number of fused-ring (bicyclic) bond motifs is 3. The highest BCUT2D eigenvalue weighted by Crippen LogP contribution is 2.43. The lowest BCUT2D eigenvalue weighted by Crippen LogP contribution is -2.47. The fourth-order valence-corrected chi connectivity index (χ4v) is 7.70. The molecule has 3 N–H and O–H groups in total. The number of hydrogen-bond donors (Lipinski definition) is 2. The van der Waals surface area contributed by atoms with Crippen molar-refractivity contribution < 1.29 is 19.0 Å². The first-order valence-electron chi connectivity index (χ1n) is 15.2. The number of anilines is 2. The number of aliphatic hydroxyl groups is 1. The molecule has 0 unspecified atom stereocenters. The molecule has 4 aliphatic rings. The molecule has 43 heavy (non-hydrogen) atoms. The van der Waals surface area contributed by atoms with E-state index in [4.69, 9.17) is 31.6 Å². The number of piperidine rings is 1. The van der Waals surface area contributed by atoms with Gasteiger partial charge in [0, 0.05) is 42.7 Å². The van der Waals surface area contributed by atoms with Gasteiger partial charge in [-0.25, -0.2) is 4.39 Å². The number of rotatable bonds is 5. The Balaban J connectivity index is 1.27. The van der Waals surface area contributed by atoms with E-state index in [0.29, 0.717) is 36.7 Å². The van der Waals surface area contributed by atoms with E-state index < -0.39 is 17.5 Å². The minimum atomic E-state index is -0.821. The second-order valence-electron chi connectivity index (χ2n) is 13.0. The first kappa shape index (κ1) is 28.1. The van der Waals surface area contributed by atoms with Gasteiger partial charge in [0.25, 0.3) is 0 Å². The van der Waals surface area contributed by atoms with Crippen LogP contribution in [-0.2, 0) is 17.8 Å². The fraction of sp³-hybridized carbons (Fsp3) is 0.471. The molecule has 3 saturated heterocycles. The molecule has 2 aromatic carbocycles. The van der Waals surface area contributed by atoms with Gasteiger partial charge in [-0.05, 0) is 74.7 Å². The lowest BCUT2D eigenvalue weighted by molar-refractivity contribution is 0.0252. The SMILES string of the molecule is C#Cc1c(F)ccc2cc(N)cc([C@H]3Cc4nc(OC[C@]56CCCN5CC(=C)C6)nc(N5CCC[C@@](C)(O)C5)c4CO3)c12. The molecular weight excluding hydrogens is 545 g/mol. The van der Waals surface area contributed by atoms with E-state index >= 15 is 0 Å². The van der Waals surface area contributed by atoms with Gasteiger partial charge in [-0.3, -0.25) is 4.90 Å². The number of nitrogen functional groups attached to an aromatic ring is 1. The second kappa shape index (κ2) is 10.5. The van der Waals surface area contributed by atoms with Gasteiger partial charge < -0.3 is 25.2 Å². The summed E-state index contributed by atoms with van der Waals surface area (Å²) in [6.07, 6.45) is 10.4. The van der Waals surface area contributed by atoms with Gasteiger partial charge in [0.05, 0.1) is 35.1 Å². The summed E-state index contributed by atoms with van der Waals surface area (Å²) < 4.78 is 27.7. The molecule has 3 aromatic rings. The maximum absolute atomic E-state index is 14.8. The van der Waals surface area contributed by atoms with Gasteiger partial charge in [-0.1, -0.05) is 24.1 Å². The highest BCUT2D eigenvalue weighted by Gasteiger charge is 2.46. The number of hydrogen-bond acceptors (Lipinski definition) is 8. The van der Waals surface area contributed by atoms with Crippen LogP contribution in [0.1, 0.15) is 67.5 Å². The number of halogens is 1. The zero-order valence-electron chi connectivity index (χ0n) is 24.7. The van der Waals surface area contributed by atoms with Crippen molar-refractivity contribution in [2.75, 3.05) is 43.4 Å². The average Bonchev–Trinajstić information content (AvgIpc) is 3.50. The molecule has 3 fully saturated rings. The quantitative estimate of drug-likeness (QED) is 0.254. The Hall–Kier alpha value is -3.71. The predicted octanol–water partition coefficient (Wildman–Crippen LogP) is 4.67. The summed E-state index contributed by atoms with van der Waals surface area (Å²) in [5.74, 6) is 2.82. The molecule has 1 aromatic heterocycles. The van der Waals surface area contributed by atoms with Gasteiger partial charge in [-0.2, -0.15) is 9.97 Å². The predicted molar refractivity (Wildman–Crippen MR) is 164 cm³/mol. The molecule has 8 nitrogen and oxygen atoms in total. The van der Waals surface area contributed by atoms with E-state index in [1.165, 1.54) is 11.6 Å². The van der Waals surface area contributed by atoms with Crippen LogP contribution in [0.4, 0.5) is 15.9 Å². The molecule has 224 valence electrons. The Morgan fingerprint density at radius 2 is 2.09 bits per heavy atom. The molecule has 0 bridgehead atoms. The normalized spacial score (nSPS) is 27.3. The van der Waals surface area contributed by atoms with Gasteiger partial charge >= 0.3 is 6.01 Å². The van der Waals surface area contributed by atoms with Crippen molar-refractivity contribution in [3.8, 4) is 18.4 Å². The molecule has 9 heteroatoms. The van der Waals surface area contributed by atoms with Crippen LogP contribution in [-0.4, -0.2) is 63.9 Å². The van der Waals surface area contributed by atoms with E-state index in [2.05, 4.69) is 22.3 Å². The van der Waals surface area contributed by atoms with Crippen molar-refractivity contribution in [2.45, 2.75) is 69.3 Å². The van der Waals surface area contributed by atoms with Crippen molar-refractivity contribution in [1.29, 1.82) is 0 Å². The molecule has 7 rings (SSSR count). The van der Waals surface area contributed by atoms with Crippen LogP contribution in [0.5, 0.6) is 6.01 Å². The zero-order valence-corrected chi connectivity index (χ0v) is 24.7. The molecule has 3 atom stereocenters. The van der Waals surface area contributed by atoms with E-state index in [1.807, 2.05) is 13.0 Å². The summed E-state index contributed by atoms with van der Waals surface area (Å²) >= 11 is 0. The number of β-amino-alcohol motifs (C(OH)–C–C–N with tert-alkyl or cyclic N) is 1. The molecule has 0 radical (unpaired) electrons. The van der Waals surface area contributed by atoms with Crippen LogP contribution in [0.15, 0.2) is 36.4 Å². The van der Waals surface area contributed by atoms with Crippen LogP contribution >= 0.6 is 0 Å². The summed E-state index contributed by atoms with van der Waals surface area (Å²) in [6.45, 7) is 10.1. The summed E-state index contributed by atoms with van der Waals surface area (Å²) in [6, 6.07) is 7.01. The fourth-order valence-electron chi connectivity index (χ4n) is 7.70. The number of aromatic nitrogens is 2. The highest BCUT2D eigenvalue weighted by molar-refractivity contribution is 5.94. The first-order chi connectivity index (χ1) is 20.6. The molecular formula is C34H38FN5O3. The Kier molecular flexibility index (Phi) is 6.84. The monoisotopic (exact) mass is 583 g/mol. The van der Waals surface area contributed by atoms with Crippen molar-refractivity contribution >= 4 is 22.3 Å². The van der Waals surface area contributed by atoms with Crippen molar-refractivity contribution in [3.63, 3.8) is 0 Å². The van der Waals surface area contributed by atoms with Crippen LogP contribution < -0.4 is 15.4 Å². The smallest absolute Gasteiger partial charge is 0.318 e. The van der Waals surface area contributed by atoms with Crippen LogP contribution in [0.3, 0.4) is 0 Å². The van der Waals surface area contributed by atoms with Crippen molar-refractivity contribution in [2.24, 2.45) is 0 Å². The molecule has 0 saturated carbocycles. The second-order valence-corrected chi connectivity index (χ2v) is 13.0. The average molecular weight is 584 g/mol. The number of ether oxygens (including phenoxy) is 2. The van der Waals surface area contributed by atoms with E-state index in [9.17, 15) is 9.50 Å². The molecule has 0 aliphatic carbocycles. The number of terminal acetylenes is 1. The summed E-state index contributed by atoms with van der Waals surface area (Å²) in [4.78, 5) is 14.5. The van der Waals surface area contributed by atoms with Crippen LogP contribution in [0.25, 0.3) is 10.8 Å². The van der Waals surface area contributed by atoms with Gasteiger partial charge in [0.2, 0.25) is 0 Å². The third-order valence-corrected chi connectivity index (χ3v) is 9.65. The molecule has 5 heterocycles. The molecule has 0 spiro atoms. The highest BCUT2D eigenvalue weighted by atomic mass is 19.1. The number of nitrogens with zero attached hydrogens (tertiary/aromatic N) is 4. The van der Waals surface area contributed by atoms with Gasteiger partial charge in [0.15, 0.2) is 0 Å². The molecule has 4 aliphatic heterocycles. The summed E-state index contributed by atoms with van der Waals surface area (Å²) in [5, 5.41) is 12.3. The summed E-state index contributed by atoms with van der Waals surface area (Å²) in [5.41, 5.74) is 9.83. The van der Waals surface area contributed by atoms with Crippen LogP contribution in [0, 0.1) is 18.2 Å². The van der Waals surface area contributed by atoms with Gasteiger partial charge in [0.1, 0.15) is 18.2 Å². The van der Waals surface area contributed by atoms with Crippen LogP contribution in [0.2, 0.25) is 0 Å². The maximum atomic E-state index is 14.8. The van der Waals surface area contributed by atoms with Crippen molar-refractivity contribution in [3.05, 3.63) is 64.6 Å². The first-order valence-corrected chi connectivity index (χ1v) is 15.2. The Labute approximate surface area is 251 Å². The lowest BCUT2D eigenvalue weighted by atomic mass is 9.91. The topological polar surface area (TPSA) is 97.0 Å². The number of nitrogens with two attached hydrogens (primary N) is 1. The lowest BCUT2D eigenvalue weighted by Gasteiger charge is -2.39. The minimum absolute atomic E-state index is 0.0624. The summed E-state index contributed by atoms with van der Waals surface area (Å²) in [7, 11) is 0. The van der Waals surface area contributed by atoms with Gasteiger partial charge in [-0.15, -0.1) is 6.42 Å². The van der Waals surface area contributed by atoms with E-state index in [1.54, 1.807) is 12.1 Å². The standard InChI is InChI=1S/C34H38FN5O3/c1-4-24-27(35)8-7-22-13-23(36)14-25(30(22)24)29-15-28-26(18-42-29)31(39-11-5-9-33(3,41)19-39)38-32(37-28)43-20-34-10-6-12-40(34)17-21(2)16-34/h1,7-8,13-14,29,41H,2,5-6,9-12,15-20,36H2,3H3/t29-,33-,34-/m1/s1. The van der Waals surface area contributed by atoms with E-state index in [0.717, 1.165) is 79.8 Å². The van der Waals surface area contributed by atoms with Crippen molar-refractivity contribution in [1.82, 2.24) is 14.9 Å². The Morgan fingerprint density at radius 1 is 1.26 bits per heavy atom.